The zero-order chi connectivity index (χ0) is 20.2. The number of carbonyl (C=O) groups excluding carboxylic acids is 1. The minimum absolute atomic E-state index is 0.00478. The van der Waals surface area contributed by atoms with Crippen LogP contribution in [0.4, 0.5) is 5.13 Å². The number of para-hydroxylation sites is 1. The molecule has 2 aromatic carbocycles. The Kier molecular flexibility index (Phi) is 5.97. The zero-order valence-electron chi connectivity index (χ0n) is 16.9. The van der Waals surface area contributed by atoms with Crippen LogP contribution in [0.3, 0.4) is 0 Å². The summed E-state index contributed by atoms with van der Waals surface area (Å²) in [7, 11) is 1.68. The molecule has 1 amide bonds. The molecule has 0 atom stereocenters. The molecule has 1 aliphatic heterocycles. The van der Waals surface area contributed by atoms with Crippen molar-refractivity contribution in [3.05, 3.63) is 53.6 Å². The molecule has 1 fully saturated rings. The van der Waals surface area contributed by atoms with Gasteiger partial charge in [-0.15, -0.1) is 0 Å². The van der Waals surface area contributed by atoms with E-state index in [2.05, 4.69) is 21.2 Å². The van der Waals surface area contributed by atoms with E-state index in [9.17, 15) is 4.79 Å². The predicted octanol–water partition coefficient (Wildman–Crippen LogP) is 3.17. The minimum atomic E-state index is 0.00478. The molecule has 1 N–H and O–H groups in total. The van der Waals surface area contributed by atoms with Crippen molar-refractivity contribution >= 4 is 32.6 Å². The lowest BCUT2D eigenvalue weighted by Crippen LogP contribution is -2.48. The number of anilines is 1. The summed E-state index contributed by atoms with van der Waals surface area (Å²) in [6, 6.07) is 13.7. The Morgan fingerprint density at radius 3 is 2.69 bits per heavy atom. The number of fused-ring (bicyclic) bond motifs is 1. The van der Waals surface area contributed by atoms with Crippen molar-refractivity contribution < 1.29 is 9.53 Å². The lowest BCUT2D eigenvalue weighted by molar-refractivity contribution is 0.0947. The van der Waals surface area contributed by atoms with Gasteiger partial charge in [0.1, 0.15) is 11.3 Å². The van der Waals surface area contributed by atoms with E-state index in [1.165, 1.54) is 0 Å². The molecule has 6 nitrogen and oxygen atoms in total. The monoisotopic (exact) mass is 410 g/mol. The summed E-state index contributed by atoms with van der Waals surface area (Å²) in [5.74, 6) is 0.832. The smallest absolute Gasteiger partial charge is 0.251 e. The first-order valence-electron chi connectivity index (χ1n) is 9.90. The lowest BCUT2D eigenvalue weighted by Gasteiger charge is -2.34. The van der Waals surface area contributed by atoms with Crippen LogP contribution >= 0.6 is 11.3 Å². The SMILES string of the molecule is COc1cccc2sc(N3CCN(CCNC(=O)c4ccccc4C)CC3)nc12. The fraction of sp³-hybridized carbons (Fsp3) is 0.364. The van der Waals surface area contributed by atoms with E-state index >= 15 is 0 Å². The first kappa shape index (κ1) is 19.7. The number of piperazine rings is 1. The number of aromatic nitrogens is 1. The van der Waals surface area contributed by atoms with Crippen LogP contribution in [-0.4, -0.2) is 62.2 Å². The van der Waals surface area contributed by atoms with Crippen molar-refractivity contribution in [3.8, 4) is 5.75 Å². The fourth-order valence-electron chi connectivity index (χ4n) is 3.62. The molecule has 152 valence electrons. The highest BCUT2D eigenvalue weighted by Crippen LogP contribution is 2.34. The van der Waals surface area contributed by atoms with Gasteiger partial charge >= 0.3 is 0 Å². The average Bonchev–Trinajstić information content (AvgIpc) is 3.19. The molecule has 4 rings (SSSR count). The summed E-state index contributed by atoms with van der Waals surface area (Å²) >= 11 is 1.71. The second-order valence-corrected chi connectivity index (χ2v) is 8.21. The number of amides is 1. The Labute approximate surface area is 175 Å². The van der Waals surface area contributed by atoms with Gasteiger partial charge < -0.3 is 15.0 Å². The second kappa shape index (κ2) is 8.80. The van der Waals surface area contributed by atoms with E-state index < -0.39 is 0 Å². The van der Waals surface area contributed by atoms with Crippen molar-refractivity contribution in [2.45, 2.75) is 6.92 Å². The molecule has 1 aliphatic rings. The quantitative estimate of drug-likeness (QED) is 0.677. The zero-order valence-corrected chi connectivity index (χ0v) is 17.7. The Balaban J connectivity index is 1.28. The number of aryl methyl sites for hydroxylation is 1. The number of carbonyl (C=O) groups is 1. The highest BCUT2D eigenvalue weighted by molar-refractivity contribution is 7.22. The first-order chi connectivity index (χ1) is 14.2. The van der Waals surface area contributed by atoms with Crippen molar-refractivity contribution in [1.82, 2.24) is 15.2 Å². The van der Waals surface area contributed by atoms with Crippen LogP contribution < -0.4 is 15.0 Å². The van der Waals surface area contributed by atoms with Crippen molar-refractivity contribution in [2.24, 2.45) is 0 Å². The van der Waals surface area contributed by atoms with E-state index in [4.69, 9.17) is 9.72 Å². The van der Waals surface area contributed by atoms with E-state index in [0.717, 1.165) is 64.9 Å². The molecule has 7 heteroatoms. The van der Waals surface area contributed by atoms with Crippen LogP contribution in [0.2, 0.25) is 0 Å². The predicted molar refractivity (Wildman–Crippen MR) is 118 cm³/mol. The minimum Gasteiger partial charge on any atom is -0.494 e. The van der Waals surface area contributed by atoms with Gasteiger partial charge in [0.25, 0.3) is 5.91 Å². The molecule has 0 aliphatic carbocycles. The molecule has 0 saturated carbocycles. The highest BCUT2D eigenvalue weighted by Gasteiger charge is 2.20. The summed E-state index contributed by atoms with van der Waals surface area (Å²) in [6.45, 7) is 7.29. The Morgan fingerprint density at radius 1 is 1.14 bits per heavy atom. The van der Waals surface area contributed by atoms with Gasteiger partial charge in [0.05, 0.1) is 11.8 Å². The van der Waals surface area contributed by atoms with E-state index in [0.29, 0.717) is 6.54 Å². The summed E-state index contributed by atoms with van der Waals surface area (Å²) in [5, 5.41) is 4.09. The molecule has 29 heavy (non-hydrogen) atoms. The highest BCUT2D eigenvalue weighted by atomic mass is 32.1. The van der Waals surface area contributed by atoms with Crippen LogP contribution in [-0.2, 0) is 0 Å². The number of benzene rings is 2. The van der Waals surface area contributed by atoms with Gasteiger partial charge in [-0.1, -0.05) is 35.6 Å². The maximum absolute atomic E-state index is 12.3. The Hall–Kier alpha value is -2.64. The van der Waals surface area contributed by atoms with Crippen LogP contribution in [0.25, 0.3) is 10.2 Å². The molecule has 2 heterocycles. The molecule has 0 spiro atoms. The third-order valence-corrected chi connectivity index (χ3v) is 6.42. The number of hydrogen-bond acceptors (Lipinski definition) is 6. The number of methoxy groups -OCH3 is 1. The molecule has 0 radical (unpaired) electrons. The number of rotatable bonds is 6. The van der Waals surface area contributed by atoms with Gasteiger partial charge in [-0.25, -0.2) is 4.98 Å². The topological polar surface area (TPSA) is 57.7 Å². The van der Waals surface area contributed by atoms with E-state index in [-0.39, 0.29) is 5.91 Å². The summed E-state index contributed by atoms with van der Waals surface area (Å²) in [4.78, 5) is 21.9. The number of nitrogens with one attached hydrogen (secondary N) is 1. The number of nitrogens with zero attached hydrogens (tertiary/aromatic N) is 3. The van der Waals surface area contributed by atoms with Crippen molar-refractivity contribution in [1.29, 1.82) is 0 Å². The number of hydrogen-bond donors (Lipinski definition) is 1. The van der Waals surface area contributed by atoms with Gasteiger partial charge in [-0.3, -0.25) is 9.69 Å². The third kappa shape index (κ3) is 4.36. The molecular weight excluding hydrogens is 384 g/mol. The second-order valence-electron chi connectivity index (χ2n) is 7.20. The van der Waals surface area contributed by atoms with Gasteiger partial charge in [0, 0.05) is 44.8 Å². The van der Waals surface area contributed by atoms with E-state index in [1.54, 1.807) is 18.4 Å². The van der Waals surface area contributed by atoms with Gasteiger partial charge in [-0.05, 0) is 30.7 Å². The Bertz CT molecular complexity index is 995. The number of thiazole rings is 1. The first-order valence-corrected chi connectivity index (χ1v) is 10.7. The van der Waals surface area contributed by atoms with Gasteiger partial charge in [-0.2, -0.15) is 0 Å². The van der Waals surface area contributed by atoms with Crippen LogP contribution in [0.1, 0.15) is 15.9 Å². The van der Waals surface area contributed by atoms with Crippen LogP contribution in [0.5, 0.6) is 5.75 Å². The van der Waals surface area contributed by atoms with Crippen LogP contribution in [0, 0.1) is 6.92 Å². The standard InChI is InChI=1S/C22H26N4O2S/c1-16-6-3-4-7-17(16)21(27)23-10-11-25-12-14-26(15-13-25)22-24-20-18(28-2)8-5-9-19(20)29-22/h3-9H,10-15H2,1-2H3,(H,23,27). The Morgan fingerprint density at radius 2 is 1.93 bits per heavy atom. The molecule has 3 aromatic rings. The largest absolute Gasteiger partial charge is 0.494 e. The maximum atomic E-state index is 12.3. The summed E-state index contributed by atoms with van der Waals surface area (Å²) in [6.07, 6.45) is 0. The third-order valence-electron chi connectivity index (χ3n) is 5.34. The van der Waals surface area contributed by atoms with Gasteiger partial charge in [0.15, 0.2) is 5.13 Å². The van der Waals surface area contributed by atoms with Crippen molar-refractivity contribution in [2.75, 3.05) is 51.3 Å². The molecule has 0 unspecified atom stereocenters. The average molecular weight is 411 g/mol. The van der Waals surface area contributed by atoms with Gasteiger partial charge in [0.2, 0.25) is 0 Å². The summed E-state index contributed by atoms with van der Waals surface area (Å²) in [5.41, 5.74) is 2.70. The molecule has 1 aromatic heterocycles. The maximum Gasteiger partial charge on any atom is 0.251 e. The van der Waals surface area contributed by atoms with Crippen LogP contribution in [0.15, 0.2) is 42.5 Å². The molecular formula is C22H26N4O2S. The molecule has 0 bridgehead atoms. The number of ether oxygens (including phenoxy) is 1. The van der Waals surface area contributed by atoms with E-state index in [1.807, 2.05) is 43.3 Å². The fourth-order valence-corrected chi connectivity index (χ4v) is 4.66. The molecule has 1 saturated heterocycles. The van der Waals surface area contributed by atoms with Crippen molar-refractivity contribution in [3.63, 3.8) is 0 Å². The normalized spacial score (nSPS) is 14.9. The lowest BCUT2D eigenvalue weighted by atomic mass is 10.1. The summed E-state index contributed by atoms with van der Waals surface area (Å²) < 4.78 is 6.58.